The summed E-state index contributed by atoms with van der Waals surface area (Å²) in [6.45, 7) is 5.35. The molecule has 1 fully saturated rings. The Balaban J connectivity index is 2.12. The van der Waals surface area contributed by atoms with Crippen LogP contribution < -0.4 is 0 Å². The lowest BCUT2D eigenvalue weighted by atomic mass is 9.72. The molecule has 1 aliphatic rings. The van der Waals surface area contributed by atoms with E-state index in [-0.39, 0.29) is 22.8 Å². The summed E-state index contributed by atoms with van der Waals surface area (Å²) < 4.78 is 0. The largest absolute Gasteiger partial charge is 0.298 e. The van der Waals surface area contributed by atoms with Crippen LogP contribution in [0.1, 0.15) is 44.0 Å². The molecule has 1 aromatic carbocycles. The maximum atomic E-state index is 12.0. The summed E-state index contributed by atoms with van der Waals surface area (Å²) in [5.74, 6) is -0.878. The van der Waals surface area contributed by atoms with Crippen LogP contribution in [0.5, 0.6) is 0 Å². The van der Waals surface area contributed by atoms with Crippen molar-refractivity contribution in [3.8, 4) is 0 Å². The fourth-order valence-corrected chi connectivity index (χ4v) is 2.51. The Kier molecular flexibility index (Phi) is 4.16. The third-order valence-electron chi connectivity index (χ3n) is 3.65. The maximum Gasteiger partial charge on any atom is 0.159 e. The topological polar surface area (TPSA) is 63.6 Å². The normalized spacial score (nSPS) is 19.2. The van der Waals surface area contributed by atoms with Crippen LogP contribution in [-0.2, 0) is 9.59 Å². The molecule has 110 valence electrons. The van der Waals surface area contributed by atoms with Crippen LogP contribution in [-0.4, -0.2) is 23.6 Å². The predicted molar refractivity (Wildman–Crippen MR) is 81.1 cm³/mol. The van der Waals surface area contributed by atoms with Crippen LogP contribution in [0.4, 0.5) is 5.69 Å². The fourth-order valence-electron chi connectivity index (χ4n) is 2.51. The summed E-state index contributed by atoms with van der Waals surface area (Å²) in [5.41, 5.74) is 0.993. The minimum Gasteiger partial charge on any atom is -0.298 e. The Morgan fingerprint density at radius 1 is 1.14 bits per heavy atom. The maximum absolute atomic E-state index is 12.0. The first kappa shape index (κ1) is 15.3. The van der Waals surface area contributed by atoms with E-state index >= 15 is 0 Å². The Hall–Kier alpha value is -2.10. The number of carbonyl (C=O) groups excluding carboxylic acids is 3. The molecule has 0 spiro atoms. The minimum absolute atomic E-state index is 0.00889. The van der Waals surface area contributed by atoms with Gasteiger partial charge in [-0.15, -0.1) is 0 Å². The molecule has 2 rings (SSSR count). The molecule has 4 heteroatoms. The van der Waals surface area contributed by atoms with Crippen LogP contribution in [0.25, 0.3) is 0 Å². The number of hydrogen-bond acceptors (Lipinski definition) is 4. The van der Waals surface area contributed by atoms with Crippen molar-refractivity contribution in [2.45, 2.75) is 33.6 Å². The monoisotopic (exact) mass is 285 g/mol. The van der Waals surface area contributed by atoms with E-state index in [1.54, 1.807) is 24.3 Å². The van der Waals surface area contributed by atoms with Crippen molar-refractivity contribution in [1.82, 2.24) is 0 Å². The van der Waals surface area contributed by atoms with Gasteiger partial charge in [-0.2, -0.15) is 0 Å². The molecule has 0 amide bonds. The molecule has 0 bridgehead atoms. The first-order valence-electron chi connectivity index (χ1n) is 6.99. The molecule has 0 unspecified atom stereocenters. The zero-order valence-electron chi connectivity index (χ0n) is 12.6. The molecule has 21 heavy (non-hydrogen) atoms. The standard InChI is InChI=1S/C17H19NO3/c1-11(19)12-4-6-13(7-5-12)18-10-14-15(20)8-17(2,3)9-16(14)21/h4-7,10,14H,8-9H2,1-3H3. The van der Waals surface area contributed by atoms with Crippen molar-refractivity contribution in [2.24, 2.45) is 16.3 Å². The van der Waals surface area contributed by atoms with Gasteiger partial charge in [-0.3, -0.25) is 19.4 Å². The Morgan fingerprint density at radius 3 is 2.14 bits per heavy atom. The summed E-state index contributed by atoms with van der Waals surface area (Å²) in [4.78, 5) is 39.4. The lowest BCUT2D eigenvalue weighted by Crippen LogP contribution is -2.38. The summed E-state index contributed by atoms with van der Waals surface area (Å²) in [5, 5.41) is 0. The zero-order valence-corrected chi connectivity index (χ0v) is 12.6. The van der Waals surface area contributed by atoms with Crippen molar-refractivity contribution in [1.29, 1.82) is 0 Å². The Morgan fingerprint density at radius 2 is 1.67 bits per heavy atom. The highest BCUT2D eigenvalue weighted by Crippen LogP contribution is 2.33. The van der Waals surface area contributed by atoms with Gasteiger partial charge in [0.15, 0.2) is 5.78 Å². The lowest BCUT2D eigenvalue weighted by molar-refractivity contribution is -0.136. The number of hydrogen-bond donors (Lipinski definition) is 0. The molecule has 0 atom stereocenters. The summed E-state index contributed by atoms with van der Waals surface area (Å²) in [6, 6.07) is 6.77. The predicted octanol–water partition coefficient (Wildman–Crippen LogP) is 3.17. The van der Waals surface area contributed by atoms with Crippen LogP contribution >= 0.6 is 0 Å². The van der Waals surface area contributed by atoms with Crippen molar-refractivity contribution >= 4 is 29.3 Å². The molecular weight excluding hydrogens is 266 g/mol. The number of aliphatic imine (C=N–C) groups is 1. The molecule has 1 aromatic rings. The van der Waals surface area contributed by atoms with Crippen LogP contribution in [0.3, 0.4) is 0 Å². The zero-order chi connectivity index (χ0) is 15.6. The number of benzene rings is 1. The van der Waals surface area contributed by atoms with Gasteiger partial charge >= 0.3 is 0 Å². The summed E-state index contributed by atoms with van der Waals surface area (Å²) >= 11 is 0. The average molecular weight is 285 g/mol. The van der Waals surface area contributed by atoms with Gasteiger partial charge in [-0.05, 0) is 36.6 Å². The van der Waals surface area contributed by atoms with E-state index in [1.807, 2.05) is 13.8 Å². The fraction of sp³-hybridized carbons (Fsp3) is 0.412. The van der Waals surface area contributed by atoms with Crippen LogP contribution in [0.2, 0.25) is 0 Å². The highest BCUT2D eigenvalue weighted by atomic mass is 16.2. The van der Waals surface area contributed by atoms with E-state index in [1.165, 1.54) is 13.1 Å². The van der Waals surface area contributed by atoms with Crippen molar-refractivity contribution < 1.29 is 14.4 Å². The molecule has 0 radical (unpaired) electrons. The van der Waals surface area contributed by atoms with Gasteiger partial charge in [0, 0.05) is 24.6 Å². The number of Topliss-reactive ketones (excluding diaryl/α,β-unsaturated/α-hetero) is 3. The lowest BCUT2D eigenvalue weighted by Gasteiger charge is -2.30. The van der Waals surface area contributed by atoms with Gasteiger partial charge < -0.3 is 0 Å². The van der Waals surface area contributed by atoms with Crippen LogP contribution in [0, 0.1) is 11.3 Å². The first-order chi connectivity index (χ1) is 9.78. The van der Waals surface area contributed by atoms with E-state index < -0.39 is 5.92 Å². The quantitative estimate of drug-likeness (QED) is 0.487. The van der Waals surface area contributed by atoms with E-state index in [0.717, 1.165) is 0 Å². The average Bonchev–Trinajstić information content (AvgIpc) is 2.36. The summed E-state index contributed by atoms with van der Waals surface area (Å²) in [7, 11) is 0. The molecule has 0 aromatic heterocycles. The van der Waals surface area contributed by atoms with Crippen LogP contribution in [0.15, 0.2) is 29.3 Å². The van der Waals surface area contributed by atoms with Gasteiger partial charge in [-0.25, -0.2) is 0 Å². The molecule has 4 nitrogen and oxygen atoms in total. The van der Waals surface area contributed by atoms with E-state index in [0.29, 0.717) is 24.1 Å². The smallest absolute Gasteiger partial charge is 0.159 e. The molecule has 1 saturated carbocycles. The van der Waals surface area contributed by atoms with Gasteiger partial charge in [0.05, 0.1) is 5.69 Å². The molecule has 1 aliphatic carbocycles. The van der Waals surface area contributed by atoms with Crippen molar-refractivity contribution in [2.75, 3.05) is 0 Å². The minimum atomic E-state index is -0.731. The third kappa shape index (κ3) is 3.72. The van der Waals surface area contributed by atoms with Gasteiger partial charge in [0.2, 0.25) is 0 Å². The number of ketones is 3. The Bertz CT molecular complexity index is 591. The van der Waals surface area contributed by atoms with Gasteiger partial charge in [-0.1, -0.05) is 13.8 Å². The van der Waals surface area contributed by atoms with Crippen molar-refractivity contribution in [3.63, 3.8) is 0 Å². The second-order valence-electron chi connectivity index (χ2n) is 6.31. The third-order valence-corrected chi connectivity index (χ3v) is 3.65. The highest BCUT2D eigenvalue weighted by Gasteiger charge is 2.38. The number of carbonyl (C=O) groups is 3. The first-order valence-corrected chi connectivity index (χ1v) is 6.99. The van der Waals surface area contributed by atoms with Gasteiger partial charge in [0.1, 0.15) is 17.5 Å². The van der Waals surface area contributed by atoms with E-state index in [4.69, 9.17) is 0 Å². The molecule has 0 heterocycles. The summed E-state index contributed by atoms with van der Waals surface area (Å²) in [6.07, 6.45) is 2.24. The van der Waals surface area contributed by atoms with E-state index in [9.17, 15) is 14.4 Å². The number of nitrogens with zero attached hydrogens (tertiary/aromatic N) is 1. The second kappa shape index (κ2) is 5.72. The van der Waals surface area contributed by atoms with Crippen molar-refractivity contribution in [3.05, 3.63) is 29.8 Å². The highest BCUT2D eigenvalue weighted by molar-refractivity contribution is 6.16. The van der Waals surface area contributed by atoms with E-state index in [2.05, 4.69) is 4.99 Å². The Labute approximate surface area is 124 Å². The molecule has 0 saturated heterocycles. The SMILES string of the molecule is CC(=O)c1ccc(N=CC2C(=O)CC(C)(C)CC2=O)cc1. The van der Waals surface area contributed by atoms with Gasteiger partial charge in [0.25, 0.3) is 0 Å². The number of rotatable bonds is 3. The molecule has 0 aliphatic heterocycles. The second-order valence-corrected chi connectivity index (χ2v) is 6.31. The molecular formula is C17H19NO3. The molecule has 0 N–H and O–H groups in total.